The van der Waals surface area contributed by atoms with Crippen LogP contribution in [0.25, 0.3) is 0 Å². The first-order valence-electron chi connectivity index (χ1n) is 10.9. The lowest BCUT2D eigenvalue weighted by molar-refractivity contribution is 0.447. The van der Waals surface area contributed by atoms with Crippen LogP contribution in [0.5, 0.6) is 0 Å². The summed E-state index contributed by atoms with van der Waals surface area (Å²) < 4.78 is 182. The fourth-order valence-corrected chi connectivity index (χ4v) is 6.93. The van der Waals surface area contributed by atoms with Gasteiger partial charge in [0.25, 0.3) is 0 Å². The van der Waals surface area contributed by atoms with E-state index in [1.165, 1.54) is 0 Å². The molecule has 4 aromatic carbocycles. The fourth-order valence-electron chi connectivity index (χ4n) is 4.87. The highest BCUT2D eigenvalue weighted by Gasteiger charge is 2.50. The van der Waals surface area contributed by atoms with Gasteiger partial charge >= 0.3 is 0 Å². The third kappa shape index (κ3) is 4.94. The van der Waals surface area contributed by atoms with Gasteiger partial charge in [0.05, 0.1) is 20.1 Å². The molecule has 0 heterocycles. The molecule has 4 aromatic rings. The molecule has 0 bridgehead atoms. The summed E-state index contributed by atoms with van der Waals surface area (Å²) in [6, 6.07) is 0. The predicted octanol–water partition coefficient (Wildman–Crippen LogP) is 9.96. The lowest BCUT2D eigenvalue weighted by Crippen LogP contribution is -2.79. The summed E-state index contributed by atoms with van der Waals surface area (Å²) in [5.74, 6) is -31.3. The van der Waals surface area contributed by atoms with Crippen molar-refractivity contribution in [3.63, 3.8) is 0 Å². The minimum Gasteiger partial charge on any atom is -0.207 e. The third-order valence-electron chi connectivity index (χ3n) is 6.71. The quantitative estimate of drug-likeness (QED) is 0.0834. The molecule has 4 rings (SSSR count). The zero-order valence-corrected chi connectivity index (χ0v) is 26.2. The molecule has 0 amide bonds. The zero-order valence-electron chi connectivity index (χ0n) is 20.1. The fraction of sp³-hybridized carbons (Fsp3) is 0. The highest BCUT2D eigenvalue weighted by atomic mass is 35.5. The Morgan fingerprint density at radius 1 is 0.222 bits per heavy atom. The van der Waals surface area contributed by atoms with Gasteiger partial charge in [0.15, 0.2) is 46.5 Å². The van der Waals surface area contributed by atoms with Crippen molar-refractivity contribution in [2.45, 2.75) is 0 Å². The number of hydrogen-bond acceptors (Lipinski definition) is 0. The summed E-state index contributed by atoms with van der Waals surface area (Å²) in [5, 5.41) is -13.9. The van der Waals surface area contributed by atoms with Gasteiger partial charge in [-0.3, -0.25) is 0 Å². The topological polar surface area (TPSA) is 0 Å². The van der Waals surface area contributed by atoms with Crippen LogP contribution in [-0.4, -0.2) is 6.15 Å². The zero-order chi connectivity index (χ0) is 34.4. The maximum absolute atomic E-state index is 16.0. The van der Waals surface area contributed by atoms with E-state index >= 15 is 35.1 Å². The molecule has 240 valence electrons. The summed E-state index contributed by atoms with van der Waals surface area (Å²) in [6.07, 6.45) is -5.62. The van der Waals surface area contributed by atoms with Gasteiger partial charge in [-0.05, 0) is 0 Å². The summed E-state index contributed by atoms with van der Waals surface area (Å²) in [5.41, 5.74) is -8.47. The molecule has 0 aliphatic heterocycles. The standard InChI is InChI=1S/C24BCl8F12/c26-5-1(13(34)21(42)17(38)9(5)30)25(2-6(27)10(31)18(39)22(43)14(2)35,3-7(28)11(32)19(40)23(44)15(3)36)4-8(29)12(33)20(41)24(45)16(4)37/q-1. The Labute approximate surface area is 282 Å². The molecule has 0 spiro atoms. The summed E-state index contributed by atoms with van der Waals surface area (Å²) in [7, 11) is 0. The smallest absolute Gasteiger partial charge is 0.192 e. The van der Waals surface area contributed by atoms with Gasteiger partial charge < -0.3 is 0 Å². The molecule has 0 radical (unpaired) electrons. The Hall–Kier alpha value is -1.58. The van der Waals surface area contributed by atoms with Gasteiger partial charge in [-0.25, -0.2) is 52.7 Å². The van der Waals surface area contributed by atoms with E-state index in [1.54, 1.807) is 0 Å². The minimum absolute atomic E-state index is 1.71. The number of halogens is 20. The van der Waals surface area contributed by atoms with Crippen molar-refractivity contribution >= 4 is 121 Å². The molecule has 0 unspecified atom stereocenters. The summed E-state index contributed by atoms with van der Waals surface area (Å²) >= 11 is 46.6. The number of hydrogen-bond donors (Lipinski definition) is 0. The average Bonchev–Trinajstić information content (AvgIpc) is 3.00. The normalized spacial score (nSPS) is 12.0. The molecule has 0 atom stereocenters. The monoisotopic (exact) mass is 807 g/mol. The Morgan fingerprint density at radius 3 is 0.533 bits per heavy atom. The molecular weight excluding hydrogens is 811 g/mol. The van der Waals surface area contributed by atoms with Gasteiger partial charge in [-0.1, -0.05) is 92.8 Å². The van der Waals surface area contributed by atoms with Crippen LogP contribution in [0.3, 0.4) is 0 Å². The molecule has 0 aliphatic rings. The maximum Gasteiger partial charge on any atom is 0.192 e. The molecular formula is C24BCl8F12-. The van der Waals surface area contributed by atoms with E-state index in [4.69, 9.17) is 92.8 Å². The molecule has 0 fully saturated rings. The van der Waals surface area contributed by atoms with Crippen molar-refractivity contribution in [3.05, 3.63) is 110 Å². The first-order chi connectivity index (χ1) is 20.7. The van der Waals surface area contributed by atoms with Crippen LogP contribution >= 0.6 is 92.8 Å². The van der Waals surface area contributed by atoms with Crippen LogP contribution < -0.4 is 21.9 Å². The Kier molecular flexibility index (Phi) is 10.0. The van der Waals surface area contributed by atoms with Gasteiger partial charge in [-0.15, -0.1) is 21.9 Å². The van der Waals surface area contributed by atoms with Crippen LogP contribution in [0.15, 0.2) is 0 Å². The van der Waals surface area contributed by atoms with Crippen LogP contribution in [0.2, 0.25) is 40.2 Å². The van der Waals surface area contributed by atoms with Crippen LogP contribution in [-0.2, 0) is 0 Å². The van der Waals surface area contributed by atoms with Gasteiger partial charge in [0.1, 0.15) is 29.4 Å². The third-order valence-corrected chi connectivity index (χ3v) is 10.1. The molecule has 45 heavy (non-hydrogen) atoms. The maximum atomic E-state index is 16.0. The van der Waals surface area contributed by atoms with Gasteiger partial charge in [0.2, 0.25) is 0 Å². The van der Waals surface area contributed by atoms with E-state index in [0.29, 0.717) is 0 Å². The van der Waals surface area contributed by atoms with Gasteiger partial charge in [0, 0.05) is 20.1 Å². The van der Waals surface area contributed by atoms with Crippen molar-refractivity contribution in [2.24, 2.45) is 0 Å². The van der Waals surface area contributed by atoms with E-state index in [0.717, 1.165) is 0 Å². The second-order valence-corrected chi connectivity index (χ2v) is 11.8. The summed E-state index contributed by atoms with van der Waals surface area (Å²) in [4.78, 5) is 0. The molecule has 21 heteroatoms. The predicted molar refractivity (Wildman–Crippen MR) is 150 cm³/mol. The molecule has 0 saturated carbocycles. The van der Waals surface area contributed by atoms with E-state index in [9.17, 15) is 17.6 Å². The SMILES string of the molecule is Fc1c(F)c(Cl)c(Cl)c([B-](c2c(F)c(F)c(F)c(Cl)c2Cl)(c2c(F)c(F)c(F)c(Cl)c2Cl)c2c(F)c(F)c(F)c(Cl)c2Cl)c1F. The Balaban J connectivity index is 2.69. The lowest BCUT2D eigenvalue weighted by Gasteiger charge is -2.46. The van der Waals surface area contributed by atoms with E-state index in [1.807, 2.05) is 0 Å². The molecule has 0 aliphatic carbocycles. The second-order valence-electron chi connectivity index (χ2n) is 8.80. The van der Waals surface area contributed by atoms with E-state index < -0.39 is 138 Å². The molecule has 0 aromatic heterocycles. The van der Waals surface area contributed by atoms with Crippen molar-refractivity contribution in [2.75, 3.05) is 0 Å². The minimum atomic E-state index is -5.62. The van der Waals surface area contributed by atoms with Crippen LogP contribution in [0.1, 0.15) is 0 Å². The van der Waals surface area contributed by atoms with Crippen molar-refractivity contribution < 1.29 is 52.7 Å². The van der Waals surface area contributed by atoms with Crippen molar-refractivity contribution in [1.29, 1.82) is 0 Å². The Bertz CT molecular complexity index is 1590. The van der Waals surface area contributed by atoms with Crippen molar-refractivity contribution in [3.8, 4) is 0 Å². The molecule has 0 N–H and O–H groups in total. The Morgan fingerprint density at radius 2 is 0.378 bits per heavy atom. The summed E-state index contributed by atoms with van der Waals surface area (Å²) in [6.45, 7) is 0. The number of benzene rings is 4. The first kappa shape index (κ1) is 36.3. The lowest BCUT2D eigenvalue weighted by atomic mass is 9.12. The second kappa shape index (κ2) is 12.5. The first-order valence-corrected chi connectivity index (χ1v) is 14.0. The van der Waals surface area contributed by atoms with Crippen LogP contribution in [0, 0.1) is 69.8 Å². The van der Waals surface area contributed by atoms with Crippen LogP contribution in [0.4, 0.5) is 52.7 Å². The number of rotatable bonds is 4. The van der Waals surface area contributed by atoms with Crippen molar-refractivity contribution in [1.82, 2.24) is 0 Å². The highest BCUT2D eigenvalue weighted by molar-refractivity contribution is 7.22. The van der Waals surface area contributed by atoms with Gasteiger partial charge in [-0.2, -0.15) is 0 Å². The van der Waals surface area contributed by atoms with E-state index in [2.05, 4.69) is 0 Å². The largest absolute Gasteiger partial charge is 0.207 e. The van der Waals surface area contributed by atoms with E-state index in [-0.39, 0.29) is 0 Å². The molecule has 0 nitrogen and oxygen atoms in total. The average molecular weight is 811 g/mol. The highest BCUT2D eigenvalue weighted by Crippen LogP contribution is 2.39. The molecule has 0 saturated heterocycles.